The van der Waals surface area contributed by atoms with E-state index in [1.54, 1.807) is 0 Å². The minimum atomic E-state index is 0.297. The average Bonchev–Trinajstić information content (AvgIpc) is 2.27. The summed E-state index contributed by atoms with van der Waals surface area (Å²) in [6.45, 7) is 0. The van der Waals surface area contributed by atoms with Crippen LogP contribution in [0.1, 0.15) is 34.3 Å². The summed E-state index contributed by atoms with van der Waals surface area (Å²) < 4.78 is 0. The SMILES string of the molecule is O=C1CCCc2ccc(C=CCBr)cc21. The molecule has 0 N–H and O–H groups in total. The van der Waals surface area contributed by atoms with Crippen LogP contribution in [0.5, 0.6) is 0 Å². The zero-order valence-corrected chi connectivity index (χ0v) is 10.1. The second-order valence-corrected chi connectivity index (χ2v) is 4.40. The first-order valence-corrected chi connectivity index (χ1v) is 6.32. The van der Waals surface area contributed by atoms with Crippen molar-refractivity contribution in [2.24, 2.45) is 0 Å². The molecule has 0 unspecified atom stereocenters. The number of alkyl halides is 1. The quantitative estimate of drug-likeness (QED) is 0.746. The van der Waals surface area contributed by atoms with Crippen molar-refractivity contribution in [1.82, 2.24) is 0 Å². The first-order chi connectivity index (χ1) is 7.31. The monoisotopic (exact) mass is 264 g/mol. The van der Waals surface area contributed by atoms with Crippen molar-refractivity contribution in [3.05, 3.63) is 41.0 Å². The molecule has 78 valence electrons. The van der Waals surface area contributed by atoms with E-state index in [4.69, 9.17) is 0 Å². The summed E-state index contributed by atoms with van der Waals surface area (Å²) in [7, 11) is 0. The molecule has 0 bridgehead atoms. The number of aryl methyl sites for hydroxylation is 1. The van der Waals surface area contributed by atoms with Crippen LogP contribution in [0, 0.1) is 0 Å². The fourth-order valence-corrected chi connectivity index (χ4v) is 2.12. The molecular weight excluding hydrogens is 252 g/mol. The largest absolute Gasteiger partial charge is 0.294 e. The topological polar surface area (TPSA) is 17.1 Å². The Hall–Kier alpha value is -0.890. The number of allylic oxidation sites excluding steroid dienone is 1. The lowest BCUT2D eigenvalue weighted by Crippen LogP contribution is -2.10. The normalized spacial score (nSPS) is 15.7. The van der Waals surface area contributed by atoms with Gasteiger partial charge in [0.1, 0.15) is 0 Å². The summed E-state index contributed by atoms with van der Waals surface area (Å²) in [5.74, 6) is 0.297. The molecule has 0 aliphatic heterocycles. The van der Waals surface area contributed by atoms with E-state index in [1.165, 1.54) is 5.56 Å². The van der Waals surface area contributed by atoms with Gasteiger partial charge in [0, 0.05) is 17.3 Å². The molecule has 0 spiro atoms. The Labute approximate surface area is 98.3 Å². The van der Waals surface area contributed by atoms with Crippen LogP contribution in [-0.2, 0) is 6.42 Å². The summed E-state index contributed by atoms with van der Waals surface area (Å²) in [5.41, 5.74) is 3.25. The predicted octanol–water partition coefficient (Wildman–Crippen LogP) is 3.61. The highest BCUT2D eigenvalue weighted by atomic mass is 79.9. The maximum absolute atomic E-state index is 11.7. The van der Waals surface area contributed by atoms with E-state index in [9.17, 15) is 4.79 Å². The van der Waals surface area contributed by atoms with Gasteiger partial charge in [-0.05, 0) is 30.0 Å². The summed E-state index contributed by atoms with van der Waals surface area (Å²) in [6.07, 6.45) is 6.83. The molecule has 0 amide bonds. The third kappa shape index (κ3) is 2.37. The number of rotatable bonds is 2. The van der Waals surface area contributed by atoms with Gasteiger partial charge in [-0.15, -0.1) is 0 Å². The van der Waals surface area contributed by atoms with Crippen LogP contribution in [-0.4, -0.2) is 11.1 Å². The van der Waals surface area contributed by atoms with Crippen molar-refractivity contribution >= 4 is 27.8 Å². The van der Waals surface area contributed by atoms with Gasteiger partial charge in [0.2, 0.25) is 0 Å². The number of Topliss-reactive ketones (excluding diaryl/α,β-unsaturated/α-hetero) is 1. The number of hydrogen-bond acceptors (Lipinski definition) is 1. The molecule has 2 heteroatoms. The summed E-state index contributed by atoms with van der Waals surface area (Å²) >= 11 is 3.34. The van der Waals surface area contributed by atoms with Crippen molar-refractivity contribution in [2.45, 2.75) is 19.3 Å². The van der Waals surface area contributed by atoms with Gasteiger partial charge in [-0.25, -0.2) is 0 Å². The van der Waals surface area contributed by atoms with Gasteiger partial charge in [-0.1, -0.05) is 40.2 Å². The molecule has 0 saturated carbocycles. The van der Waals surface area contributed by atoms with Crippen LogP contribution in [0.2, 0.25) is 0 Å². The minimum absolute atomic E-state index is 0.297. The molecule has 0 fully saturated rings. The van der Waals surface area contributed by atoms with E-state index >= 15 is 0 Å². The zero-order chi connectivity index (χ0) is 10.7. The maximum atomic E-state index is 11.7. The minimum Gasteiger partial charge on any atom is -0.294 e. The van der Waals surface area contributed by atoms with Crippen LogP contribution in [0.4, 0.5) is 0 Å². The number of hydrogen-bond donors (Lipinski definition) is 0. The molecule has 0 heterocycles. The number of fused-ring (bicyclic) bond motifs is 1. The number of carbonyl (C=O) groups excluding carboxylic acids is 1. The van der Waals surface area contributed by atoms with E-state index in [0.717, 1.165) is 29.3 Å². The van der Waals surface area contributed by atoms with E-state index < -0.39 is 0 Å². The Morgan fingerprint density at radius 2 is 2.20 bits per heavy atom. The summed E-state index contributed by atoms with van der Waals surface area (Å²) in [6, 6.07) is 6.17. The van der Waals surface area contributed by atoms with E-state index in [-0.39, 0.29) is 0 Å². The molecule has 0 radical (unpaired) electrons. The molecule has 1 aromatic carbocycles. The second-order valence-electron chi connectivity index (χ2n) is 3.75. The molecule has 1 nitrogen and oxygen atoms in total. The number of carbonyl (C=O) groups is 1. The zero-order valence-electron chi connectivity index (χ0n) is 8.50. The highest BCUT2D eigenvalue weighted by molar-refractivity contribution is 9.09. The van der Waals surface area contributed by atoms with Gasteiger partial charge in [-0.2, -0.15) is 0 Å². The number of ketones is 1. The molecule has 15 heavy (non-hydrogen) atoms. The first-order valence-electron chi connectivity index (χ1n) is 5.20. The van der Waals surface area contributed by atoms with Crippen molar-refractivity contribution in [2.75, 3.05) is 5.33 Å². The third-order valence-corrected chi connectivity index (χ3v) is 3.06. The van der Waals surface area contributed by atoms with Crippen LogP contribution >= 0.6 is 15.9 Å². The highest BCUT2D eigenvalue weighted by Crippen LogP contribution is 2.22. The molecule has 0 atom stereocenters. The molecule has 1 aromatic rings. The molecular formula is C13H13BrO. The van der Waals surface area contributed by atoms with Gasteiger partial charge in [0.05, 0.1) is 0 Å². The Balaban J connectivity index is 2.35. The highest BCUT2D eigenvalue weighted by Gasteiger charge is 2.16. The van der Waals surface area contributed by atoms with E-state index in [2.05, 4.69) is 28.1 Å². The molecule has 0 aromatic heterocycles. The Morgan fingerprint density at radius 1 is 1.33 bits per heavy atom. The van der Waals surface area contributed by atoms with Crippen LogP contribution in [0.15, 0.2) is 24.3 Å². The van der Waals surface area contributed by atoms with E-state index in [0.29, 0.717) is 12.2 Å². The fourth-order valence-electron chi connectivity index (χ4n) is 1.93. The molecule has 0 saturated heterocycles. The molecule has 1 aliphatic rings. The van der Waals surface area contributed by atoms with Gasteiger partial charge in [0.15, 0.2) is 5.78 Å². The lowest BCUT2D eigenvalue weighted by molar-refractivity contribution is 0.0972. The smallest absolute Gasteiger partial charge is 0.163 e. The Kier molecular flexibility index (Phi) is 3.37. The van der Waals surface area contributed by atoms with Crippen LogP contribution < -0.4 is 0 Å². The van der Waals surface area contributed by atoms with Gasteiger partial charge in [-0.3, -0.25) is 4.79 Å². The van der Waals surface area contributed by atoms with Crippen molar-refractivity contribution in [1.29, 1.82) is 0 Å². The van der Waals surface area contributed by atoms with Gasteiger partial charge < -0.3 is 0 Å². The first kappa shape index (κ1) is 10.6. The lowest BCUT2D eigenvalue weighted by Gasteiger charge is -2.14. The molecule has 2 rings (SSSR count). The van der Waals surface area contributed by atoms with Crippen LogP contribution in [0.25, 0.3) is 6.08 Å². The third-order valence-electron chi connectivity index (χ3n) is 2.68. The lowest BCUT2D eigenvalue weighted by atomic mass is 9.89. The van der Waals surface area contributed by atoms with Gasteiger partial charge in [0.25, 0.3) is 0 Å². The summed E-state index contributed by atoms with van der Waals surface area (Å²) in [4.78, 5) is 11.7. The fraction of sp³-hybridized carbons (Fsp3) is 0.308. The Morgan fingerprint density at radius 3 is 3.00 bits per heavy atom. The van der Waals surface area contributed by atoms with Crippen LogP contribution in [0.3, 0.4) is 0 Å². The van der Waals surface area contributed by atoms with E-state index in [1.807, 2.05) is 18.2 Å². The van der Waals surface area contributed by atoms with Gasteiger partial charge >= 0.3 is 0 Å². The van der Waals surface area contributed by atoms with Crippen molar-refractivity contribution in [3.63, 3.8) is 0 Å². The molecule has 1 aliphatic carbocycles. The standard InChI is InChI=1S/C13H13BrO/c14-8-2-3-10-6-7-11-4-1-5-13(15)12(11)9-10/h2-3,6-7,9H,1,4-5,8H2. The number of halogens is 1. The van der Waals surface area contributed by atoms with Crippen molar-refractivity contribution < 1.29 is 4.79 Å². The van der Waals surface area contributed by atoms with Crippen molar-refractivity contribution in [3.8, 4) is 0 Å². The second kappa shape index (κ2) is 4.75. The maximum Gasteiger partial charge on any atom is 0.163 e. The number of benzene rings is 1. The predicted molar refractivity (Wildman–Crippen MR) is 66.5 cm³/mol. The summed E-state index contributed by atoms with van der Waals surface area (Å²) in [5, 5.41) is 0.845. The average molecular weight is 265 g/mol. The Bertz CT molecular complexity index is 407.